The minimum atomic E-state index is 0.845. The van der Waals surface area contributed by atoms with Crippen molar-refractivity contribution >= 4 is 17.3 Å². The van der Waals surface area contributed by atoms with E-state index >= 15 is 0 Å². The number of hydrogen-bond donors (Lipinski definition) is 2. The fourth-order valence-electron chi connectivity index (χ4n) is 2.80. The quantitative estimate of drug-likeness (QED) is 0.435. The summed E-state index contributed by atoms with van der Waals surface area (Å²) in [5, 5.41) is 10.1. The van der Waals surface area contributed by atoms with E-state index < -0.39 is 0 Å². The monoisotopic (exact) mass is 337 g/mol. The Balaban J connectivity index is 1.64. The van der Waals surface area contributed by atoms with Crippen molar-refractivity contribution in [2.24, 2.45) is 4.99 Å². The molecule has 0 aromatic carbocycles. The Hall–Kier alpha value is -1.14. The van der Waals surface area contributed by atoms with Gasteiger partial charge in [-0.3, -0.25) is 4.99 Å². The van der Waals surface area contributed by atoms with E-state index in [4.69, 9.17) is 0 Å². The van der Waals surface area contributed by atoms with Crippen molar-refractivity contribution in [3.63, 3.8) is 0 Å². The Morgan fingerprint density at radius 1 is 1.30 bits per heavy atom. The maximum absolute atomic E-state index is 4.67. The molecule has 23 heavy (non-hydrogen) atoms. The zero-order valence-corrected chi connectivity index (χ0v) is 15.4. The van der Waals surface area contributed by atoms with Gasteiger partial charge in [0.25, 0.3) is 0 Å². The van der Waals surface area contributed by atoms with E-state index in [0.717, 1.165) is 50.7 Å². The standard InChI is InChI=1S/C17H31N5S/c1-3-18-17(20-10-13-22-11-5-4-6-12-22)19-9-7-8-16-21-15(2)14-23-16/h14H,3-13H2,1-2H3,(H2,18,19,20). The lowest BCUT2D eigenvalue weighted by atomic mass is 10.1. The Kier molecular flexibility index (Phi) is 8.39. The van der Waals surface area contributed by atoms with Crippen molar-refractivity contribution in [3.05, 3.63) is 16.1 Å². The molecule has 0 amide bonds. The van der Waals surface area contributed by atoms with Crippen molar-refractivity contribution in [1.82, 2.24) is 20.5 Å². The third-order valence-electron chi connectivity index (χ3n) is 4.00. The van der Waals surface area contributed by atoms with Crippen LogP contribution in [0.25, 0.3) is 0 Å². The van der Waals surface area contributed by atoms with E-state index in [0.29, 0.717) is 0 Å². The molecule has 0 bridgehead atoms. The lowest BCUT2D eigenvalue weighted by Gasteiger charge is -2.26. The maximum Gasteiger partial charge on any atom is 0.191 e. The van der Waals surface area contributed by atoms with Gasteiger partial charge in [-0.2, -0.15) is 0 Å². The number of thiazole rings is 1. The number of guanidine groups is 1. The van der Waals surface area contributed by atoms with Gasteiger partial charge < -0.3 is 15.5 Å². The summed E-state index contributed by atoms with van der Waals surface area (Å²) in [5.41, 5.74) is 1.13. The van der Waals surface area contributed by atoms with Crippen molar-refractivity contribution in [2.75, 3.05) is 39.3 Å². The van der Waals surface area contributed by atoms with Crippen LogP contribution in [0.5, 0.6) is 0 Å². The summed E-state index contributed by atoms with van der Waals surface area (Å²) in [4.78, 5) is 11.7. The molecule has 0 atom stereocenters. The molecule has 0 saturated carbocycles. The molecule has 1 aliphatic rings. The van der Waals surface area contributed by atoms with E-state index in [9.17, 15) is 0 Å². The number of rotatable bonds is 8. The van der Waals surface area contributed by atoms with Crippen molar-refractivity contribution < 1.29 is 0 Å². The zero-order chi connectivity index (χ0) is 16.3. The molecule has 0 spiro atoms. The fourth-order valence-corrected chi connectivity index (χ4v) is 3.61. The van der Waals surface area contributed by atoms with E-state index in [1.165, 1.54) is 37.4 Å². The van der Waals surface area contributed by atoms with Crippen molar-refractivity contribution in [3.8, 4) is 0 Å². The number of nitrogens with zero attached hydrogens (tertiary/aromatic N) is 3. The summed E-state index contributed by atoms with van der Waals surface area (Å²) in [6.07, 6.45) is 6.17. The van der Waals surface area contributed by atoms with Gasteiger partial charge in [0.1, 0.15) is 0 Å². The van der Waals surface area contributed by atoms with Crippen LogP contribution in [0.15, 0.2) is 10.4 Å². The first-order valence-corrected chi connectivity index (χ1v) is 9.81. The normalized spacial score (nSPS) is 16.5. The molecule has 130 valence electrons. The number of likely N-dealkylation sites (tertiary alicyclic amines) is 1. The second-order valence-electron chi connectivity index (χ2n) is 6.08. The minimum Gasteiger partial charge on any atom is -0.357 e. The summed E-state index contributed by atoms with van der Waals surface area (Å²) in [6.45, 7) is 10.5. The Morgan fingerprint density at radius 3 is 2.83 bits per heavy atom. The smallest absolute Gasteiger partial charge is 0.191 e. The molecule has 1 aromatic rings. The summed E-state index contributed by atoms with van der Waals surface area (Å²) < 4.78 is 0. The highest BCUT2D eigenvalue weighted by Crippen LogP contribution is 2.10. The fraction of sp³-hybridized carbons (Fsp3) is 0.765. The molecule has 5 nitrogen and oxygen atoms in total. The highest BCUT2D eigenvalue weighted by Gasteiger charge is 2.09. The van der Waals surface area contributed by atoms with Gasteiger partial charge in [0.05, 0.1) is 5.01 Å². The highest BCUT2D eigenvalue weighted by molar-refractivity contribution is 7.09. The first kappa shape index (κ1) is 18.2. The first-order chi connectivity index (χ1) is 11.3. The second-order valence-corrected chi connectivity index (χ2v) is 7.02. The SMILES string of the molecule is CCNC(=NCCCc1nc(C)cs1)NCCN1CCCCC1. The predicted octanol–water partition coefficient (Wildman–Crippen LogP) is 2.43. The number of aromatic nitrogens is 1. The van der Waals surface area contributed by atoms with Gasteiger partial charge >= 0.3 is 0 Å². The molecule has 0 unspecified atom stereocenters. The molecule has 2 rings (SSSR count). The molecule has 0 aliphatic carbocycles. The Labute approximate surface area is 144 Å². The topological polar surface area (TPSA) is 52.6 Å². The van der Waals surface area contributed by atoms with Crippen LogP contribution in [-0.4, -0.2) is 55.1 Å². The zero-order valence-electron chi connectivity index (χ0n) is 14.6. The van der Waals surface area contributed by atoms with Gasteiger partial charge in [0, 0.05) is 43.7 Å². The second kappa shape index (κ2) is 10.6. The van der Waals surface area contributed by atoms with E-state index in [1.54, 1.807) is 11.3 Å². The summed E-state index contributed by atoms with van der Waals surface area (Å²) >= 11 is 1.75. The Morgan fingerprint density at radius 2 is 2.13 bits per heavy atom. The maximum atomic E-state index is 4.67. The molecular formula is C17H31N5S. The number of nitrogens with one attached hydrogen (secondary N) is 2. The van der Waals surface area contributed by atoms with Gasteiger partial charge in [-0.15, -0.1) is 11.3 Å². The molecule has 1 fully saturated rings. The van der Waals surface area contributed by atoms with Crippen molar-refractivity contribution in [2.45, 2.75) is 46.0 Å². The Bertz CT molecular complexity index is 465. The van der Waals surface area contributed by atoms with Crippen LogP contribution < -0.4 is 10.6 Å². The molecule has 1 aliphatic heterocycles. The average molecular weight is 338 g/mol. The molecule has 2 heterocycles. The molecule has 6 heteroatoms. The summed E-state index contributed by atoms with van der Waals surface area (Å²) in [7, 11) is 0. The summed E-state index contributed by atoms with van der Waals surface area (Å²) in [6, 6.07) is 0. The molecule has 2 N–H and O–H groups in total. The van der Waals surface area contributed by atoms with Gasteiger partial charge in [0.2, 0.25) is 0 Å². The molecule has 1 aromatic heterocycles. The molecule has 0 radical (unpaired) electrons. The van der Waals surface area contributed by atoms with Crippen LogP contribution in [0.3, 0.4) is 0 Å². The molecule has 1 saturated heterocycles. The lowest BCUT2D eigenvalue weighted by molar-refractivity contribution is 0.232. The van der Waals surface area contributed by atoms with Crippen LogP contribution >= 0.6 is 11.3 Å². The van der Waals surface area contributed by atoms with E-state index in [1.807, 2.05) is 6.92 Å². The van der Waals surface area contributed by atoms with Gasteiger partial charge in [-0.25, -0.2) is 4.98 Å². The van der Waals surface area contributed by atoms with Crippen molar-refractivity contribution in [1.29, 1.82) is 0 Å². The number of hydrogen-bond acceptors (Lipinski definition) is 4. The van der Waals surface area contributed by atoms with E-state index in [2.05, 4.69) is 37.8 Å². The third-order valence-corrected chi connectivity index (χ3v) is 5.03. The van der Waals surface area contributed by atoms with Gasteiger partial charge in [-0.05, 0) is 46.2 Å². The van der Waals surface area contributed by atoms with Crippen LogP contribution in [-0.2, 0) is 6.42 Å². The van der Waals surface area contributed by atoms with Crippen LogP contribution in [0.4, 0.5) is 0 Å². The number of aryl methyl sites for hydroxylation is 2. The van der Waals surface area contributed by atoms with E-state index in [-0.39, 0.29) is 0 Å². The number of piperidine rings is 1. The van der Waals surface area contributed by atoms with Gasteiger partial charge in [-0.1, -0.05) is 6.42 Å². The minimum absolute atomic E-state index is 0.845. The first-order valence-electron chi connectivity index (χ1n) is 8.93. The number of aliphatic imine (C=N–C) groups is 1. The largest absolute Gasteiger partial charge is 0.357 e. The van der Waals surface area contributed by atoms with Crippen LogP contribution in [0.1, 0.15) is 43.3 Å². The lowest BCUT2D eigenvalue weighted by Crippen LogP contribution is -2.42. The predicted molar refractivity (Wildman–Crippen MR) is 99.4 cm³/mol. The average Bonchev–Trinajstić information content (AvgIpc) is 2.98. The van der Waals surface area contributed by atoms with Gasteiger partial charge in [0.15, 0.2) is 5.96 Å². The molecular weight excluding hydrogens is 306 g/mol. The highest BCUT2D eigenvalue weighted by atomic mass is 32.1. The van der Waals surface area contributed by atoms with Crippen LogP contribution in [0.2, 0.25) is 0 Å². The summed E-state index contributed by atoms with van der Waals surface area (Å²) in [5.74, 6) is 0.944. The van der Waals surface area contributed by atoms with Crippen LogP contribution in [0, 0.1) is 6.92 Å². The third kappa shape index (κ3) is 7.31.